The summed E-state index contributed by atoms with van der Waals surface area (Å²) in [5.41, 5.74) is 8.06. The molecule has 1 aliphatic heterocycles. The molecule has 0 spiro atoms. The number of aromatic nitrogens is 5. The quantitative estimate of drug-likeness (QED) is 0.298. The van der Waals surface area contributed by atoms with Gasteiger partial charge in [0.2, 0.25) is 0 Å². The first kappa shape index (κ1) is 22.5. The van der Waals surface area contributed by atoms with Gasteiger partial charge in [0.1, 0.15) is 16.9 Å². The van der Waals surface area contributed by atoms with Crippen molar-refractivity contribution >= 4 is 33.8 Å². The number of aromatic amines is 1. The van der Waals surface area contributed by atoms with Crippen LogP contribution in [0.15, 0.2) is 65.4 Å². The highest BCUT2D eigenvalue weighted by atomic mass is 32.1. The molecular weight excluding hydrogens is 468 g/mol. The second-order valence-electron chi connectivity index (χ2n) is 8.83. The number of fused-ring (bicyclic) bond motifs is 2. The lowest BCUT2D eigenvalue weighted by atomic mass is 10.1. The van der Waals surface area contributed by atoms with Gasteiger partial charge < -0.3 is 10.3 Å². The molecule has 5 aromatic heterocycles. The van der Waals surface area contributed by atoms with Gasteiger partial charge in [-0.1, -0.05) is 19.1 Å². The molecule has 0 aliphatic carbocycles. The highest BCUT2D eigenvalue weighted by molar-refractivity contribution is 7.13. The number of imidazole rings is 1. The van der Waals surface area contributed by atoms with E-state index in [1.54, 1.807) is 11.3 Å². The van der Waals surface area contributed by atoms with Crippen molar-refractivity contribution in [1.82, 2.24) is 30.2 Å². The molecule has 8 nitrogen and oxygen atoms in total. The minimum atomic E-state index is 0.369. The third-order valence-electron chi connectivity index (χ3n) is 6.31. The molecule has 0 saturated carbocycles. The number of pyridine rings is 3. The lowest BCUT2D eigenvalue weighted by molar-refractivity contribution is 0.717. The van der Waals surface area contributed by atoms with Crippen LogP contribution in [0.4, 0.5) is 5.69 Å². The van der Waals surface area contributed by atoms with Crippen molar-refractivity contribution in [3.63, 3.8) is 0 Å². The van der Waals surface area contributed by atoms with Crippen LogP contribution in [-0.4, -0.2) is 43.3 Å². The van der Waals surface area contributed by atoms with Crippen molar-refractivity contribution in [2.75, 3.05) is 12.0 Å². The summed E-state index contributed by atoms with van der Waals surface area (Å²) in [6.45, 7) is 5.50. The molecule has 1 unspecified atom stereocenters. The van der Waals surface area contributed by atoms with Crippen LogP contribution in [-0.2, 0) is 6.54 Å². The van der Waals surface area contributed by atoms with Gasteiger partial charge in [-0.3, -0.25) is 20.3 Å². The number of anilines is 1. The number of hydrogen-bond donors (Lipinski definition) is 3. The first-order chi connectivity index (χ1) is 17.7. The maximum Gasteiger partial charge on any atom is 0.159 e. The number of rotatable bonds is 6. The van der Waals surface area contributed by atoms with E-state index in [9.17, 15) is 0 Å². The molecule has 0 bridgehead atoms. The fraction of sp³-hybridized carbons (Fsp3) is 0.222. The van der Waals surface area contributed by atoms with Crippen LogP contribution in [0.2, 0.25) is 0 Å². The molecular formula is C27H26N8S. The zero-order chi connectivity index (χ0) is 24.5. The van der Waals surface area contributed by atoms with Crippen molar-refractivity contribution in [2.24, 2.45) is 4.99 Å². The minimum absolute atomic E-state index is 0.369. The van der Waals surface area contributed by atoms with E-state index < -0.39 is 0 Å². The lowest BCUT2D eigenvalue weighted by Gasteiger charge is -2.14. The van der Waals surface area contributed by atoms with E-state index in [0.717, 1.165) is 61.9 Å². The van der Waals surface area contributed by atoms with Gasteiger partial charge in [-0.2, -0.15) is 0 Å². The molecule has 9 heteroatoms. The van der Waals surface area contributed by atoms with Gasteiger partial charge in [0, 0.05) is 36.7 Å². The molecule has 0 radical (unpaired) electrons. The molecule has 180 valence electrons. The number of H-pyrrole nitrogens is 1. The average molecular weight is 495 g/mol. The Balaban J connectivity index is 1.42. The molecule has 36 heavy (non-hydrogen) atoms. The molecule has 3 N–H and O–H groups in total. The van der Waals surface area contributed by atoms with Crippen molar-refractivity contribution < 1.29 is 0 Å². The summed E-state index contributed by atoms with van der Waals surface area (Å²) in [5, 5.41) is 8.91. The third kappa shape index (κ3) is 4.27. The smallest absolute Gasteiger partial charge is 0.159 e. The SMILES string of the molecule is CCC(C)Nc1cncc(-c2ccc3c(n2)C(c2nc4c(-c5cccs5)nccc4[nH]2)=NCNC3)c1. The second-order valence-corrected chi connectivity index (χ2v) is 9.78. The van der Waals surface area contributed by atoms with Crippen LogP contribution >= 0.6 is 11.3 Å². The summed E-state index contributed by atoms with van der Waals surface area (Å²) in [6.07, 6.45) is 6.55. The topological polar surface area (TPSA) is 104 Å². The van der Waals surface area contributed by atoms with Gasteiger partial charge in [-0.05, 0) is 48.6 Å². The number of hydrogen-bond acceptors (Lipinski definition) is 8. The van der Waals surface area contributed by atoms with E-state index in [1.165, 1.54) is 0 Å². The summed E-state index contributed by atoms with van der Waals surface area (Å²) in [5.74, 6) is 0.690. The fourth-order valence-corrected chi connectivity index (χ4v) is 4.99. The summed E-state index contributed by atoms with van der Waals surface area (Å²) < 4.78 is 0. The van der Waals surface area contributed by atoms with E-state index in [1.807, 2.05) is 36.8 Å². The monoisotopic (exact) mass is 494 g/mol. The molecule has 6 rings (SSSR count). The Kier molecular flexibility index (Phi) is 6.00. The second kappa shape index (κ2) is 9.60. The Morgan fingerprint density at radius 2 is 2.06 bits per heavy atom. The minimum Gasteiger partial charge on any atom is -0.381 e. The van der Waals surface area contributed by atoms with Gasteiger partial charge in [-0.15, -0.1) is 11.3 Å². The van der Waals surface area contributed by atoms with Gasteiger partial charge in [0.25, 0.3) is 0 Å². The zero-order valence-electron chi connectivity index (χ0n) is 20.1. The number of nitrogens with zero attached hydrogens (tertiary/aromatic N) is 5. The standard InChI is InChI=1S/C27H26N8S/c1-3-16(2)32-19-11-18(13-28-14-19)20-7-6-17-12-29-15-31-26(23(17)33-20)27-34-21-8-9-30-25(24(21)35-27)22-5-4-10-36-22/h4-11,13-14,16,29,32H,3,12,15H2,1-2H3,(H,34,35). The number of aliphatic imine (C=N–C) groups is 1. The Morgan fingerprint density at radius 1 is 1.11 bits per heavy atom. The van der Waals surface area contributed by atoms with Gasteiger partial charge in [0.05, 0.1) is 34.1 Å². The van der Waals surface area contributed by atoms with Crippen LogP contribution < -0.4 is 10.6 Å². The van der Waals surface area contributed by atoms with Crippen molar-refractivity contribution in [1.29, 1.82) is 0 Å². The zero-order valence-corrected chi connectivity index (χ0v) is 20.9. The van der Waals surface area contributed by atoms with Gasteiger partial charge in [-0.25, -0.2) is 9.97 Å². The summed E-state index contributed by atoms with van der Waals surface area (Å²) in [4.78, 5) is 28.5. The van der Waals surface area contributed by atoms with Crippen LogP contribution in [0, 0.1) is 0 Å². The molecule has 1 atom stereocenters. The van der Waals surface area contributed by atoms with Gasteiger partial charge >= 0.3 is 0 Å². The Bertz CT molecular complexity index is 1550. The summed E-state index contributed by atoms with van der Waals surface area (Å²) >= 11 is 1.65. The van der Waals surface area contributed by atoms with Crippen molar-refractivity contribution in [2.45, 2.75) is 32.9 Å². The Labute approximate surface area is 213 Å². The third-order valence-corrected chi connectivity index (χ3v) is 7.18. The van der Waals surface area contributed by atoms with Crippen LogP contribution in [0.1, 0.15) is 37.4 Å². The average Bonchev–Trinajstić information content (AvgIpc) is 3.55. The predicted molar refractivity (Wildman–Crippen MR) is 145 cm³/mol. The van der Waals surface area contributed by atoms with Gasteiger partial charge in [0.15, 0.2) is 5.82 Å². The highest BCUT2D eigenvalue weighted by Crippen LogP contribution is 2.30. The van der Waals surface area contributed by atoms with E-state index >= 15 is 0 Å². The molecule has 1 aliphatic rings. The molecule has 0 fully saturated rings. The van der Waals surface area contributed by atoms with E-state index in [2.05, 4.69) is 63.0 Å². The summed E-state index contributed by atoms with van der Waals surface area (Å²) in [6, 6.07) is 12.7. The van der Waals surface area contributed by atoms with Crippen molar-refractivity contribution in [3.05, 3.63) is 77.5 Å². The van der Waals surface area contributed by atoms with Crippen LogP contribution in [0.5, 0.6) is 0 Å². The van der Waals surface area contributed by atoms with E-state index in [4.69, 9.17) is 15.0 Å². The predicted octanol–water partition coefficient (Wildman–Crippen LogP) is 5.25. The molecule has 0 saturated heterocycles. The van der Waals surface area contributed by atoms with E-state index in [-0.39, 0.29) is 0 Å². The molecule has 5 aromatic rings. The van der Waals surface area contributed by atoms with Crippen LogP contribution in [0.3, 0.4) is 0 Å². The molecule has 0 aromatic carbocycles. The van der Waals surface area contributed by atoms with E-state index in [0.29, 0.717) is 25.1 Å². The molecule has 0 amide bonds. The largest absolute Gasteiger partial charge is 0.381 e. The Hall–Kier alpha value is -3.95. The lowest BCUT2D eigenvalue weighted by Crippen LogP contribution is -2.14. The number of thiophene rings is 1. The first-order valence-electron chi connectivity index (χ1n) is 12.1. The highest BCUT2D eigenvalue weighted by Gasteiger charge is 2.22. The first-order valence-corrected chi connectivity index (χ1v) is 12.9. The van der Waals surface area contributed by atoms with Crippen molar-refractivity contribution in [3.8, 4) is 21.8 Å². The van der Waals surface area contributed by atoms with Crippen LogP contribution in [0.25, 0.3) is 32.9 Å². The molecule has 6 heterocycles. The maximum atomic E-state index is 5.07. The normalized spacial score (nSPS) is 14.2. The number of nitrogens with one attached hydrogen (secondary N) is 3. The fourth-order valence-electron chi connectivity index (χ4n) is 4.27. The summed E-state index contributed by atoms with van der Waals surface area (Å²) in [7, 11) is 0. The maximum absolute atomic E-state index is 5.07. The Morgan fingerprint density at radius 3 is 2.92 bits per heavy atom.